The highest BCUT2D eigenvalue weighted by Crippen LogP contribution is 2.29. The number of benzene rings is 1. The summed E-state index contributed by atoms with van der Waals surface area (Å²) in [6, 6.07) is 4.87. The fourth-order valence-electron chi connectivity index (χ4n) is 2.60. The van der Waals surface area contributed by atoms with E-state index in [-0.39, 0.29) is 12.4 Å². The molecule has 0 amide bonds. The average Bonchev–Trinajstić information content (AvgIpc) is 2.40. The lowest BCUT2D eigenvalue weighted by Crippen LogP contribution is -2.36. The molecule has 1 aromatic rings. The fraction of sp³-hybridized carbons (Fsp3) is 0.571. The first-order chi connectivity index (χ1) is 8.76. The summed E-state index contributed by atoms with van der Waals surface area (Å²) in [5, 5.41) is 9.30. The third kappa shape index (κ3) is 2.82. The predicted octanol–water partition coefficient (Wildman–Crippen LogP) is 2.18. The van der Waals surface area contributed by atoms with Crippen LogP contribution < -0.4 is 4.90 Å². The SMILES string of the molecule is COCC1CCN(c2c(F)cccc2CO)CC1. The number of anilines is 1. The van der Waals surface area contributed by atoms with Gasteiger partial charge in [-0.15, -0.1) is 0 Å². The van der Waals surface area contributed by atoms with Gasteiger partial charge in [0, 0.05) is 32.4 Å². The largest absolute Gasteiger partial charge is 0.392 e. The topological polar surface area (TPSA) is 32.7 Å². The van der Waals surface area contributed by atoms with Gasteiger partial charge in [-0.1, -0.05) is 12.1 Å². The van der Waals surface area contributed by atoms with E-state index in [1.807, 2.05) is 4.90 Å². The van der Waals surface area contributed by atoms with Crippen molar-refractivity contribution in [2.45, 2.75) is 19.4 Å². The van der Waals surface area contributed by atoms with E-state index >= 15 is 0 Å². The highest BCUT2D eigenvalue weighted by Gasteiger charge is 2.22. The second-order valence-corrected chi connectivity index (χ2v) is 4.79. The number of aliphatic hydroxyl groups is 1. The van der Waals surface area contributed by atoms with Gasteiger partial charge in [0.25, 0.3) is 0 Å². The first-order valence-electron chi connectivity index (χ1n) is 6.38. The Hall–Kier alpha value is -1.13. The molecule has 0 aliphatic carbocycles. The number of ether oxygens (including phenoxy) is 1. The standard InChI is InChI=1S/C14H20FNO2/c1-18-10-11-5-7-16(8-6-11)14-12(9-17)3-2-4-13(14)15/h2-4,11,17H,5-10H2,1H3. The third-order valence-electron chi connectivity index (χ3n) is 3.57. The molecule has 4 heteroatoms. The maximum absolute atomic E-state index is 13.9. The number of rotatable bonds is 4. The molecule has 1 aliphatic rings. The molecular formula is C14H20FNO2. The minimum absolute atomic E-state index is 0.120. The highest BCUT2D eigenvalue weighted by atomic mass is 19.1. The molecule has 0 aromatic heterocycles. The van der Waals surface area contributed by atoms with Crippen LogP contribution in [0.1, 0.15) is 18.4 Å². The zero-order valence-electron chi connectivity index (χ0n) is 10.7. The minimum atomic E-state index is -0.244. The van der Waals surface area contributed by atoms with Crippen LogP contribution in [0.3, 0.4) is 0 Å². The molecule has 1 heterocycles. The van der Waals surface area contributed by atoms with Gasteiger partial charge in [0.05, 0.1) is 12.3 Å². The molecule has 100 valence electrons. The summed E-state index contributed by atoms with van der Waals surface area (Å²) in [5.41, 5.74) is 1.23. The van der Waals surface area contributed by atoms with Crippen molar-refractivity contribution >= 4 is 5.69 Å². The Morgan fingerprint density at radius 1 is 1.39 bits per heavy atom. The summed E-state index contributed by atoms with van der Waals surface area (Å²) in [6.07, 6.45) is 2.01. The number of piperidine rings is 1. The molecule has 1 aliphatic heterocycles. The lowest BCUT2D eigenvalue weighted by molar-refractivity contribution is 0.139. The zero-order chi connectivity index (χ0) is 13.0. The van der Waals surface area contributed by atoms with Gasteiger partial charge >= 0.3 is 0 Å². The monoisotopic (exact) mass is 253 g/mol. The van der Waals surface area contributed by atoms with Gasteiger partial charge in [-0.3, -0.25) is 0 Å². The van der Waals surface area contributed by atoms with E-state index in [1.54, 1.807) is 19.2 Å². The number of methoxy groups -OCH3 is 1. The molecule has 0 radical (unpaired) electrons. The number of nitrogens with zero attached hydrogens (tertiary/aromatic N) is 1. The molecule has 2 rings (SSSR count). The van der Waals surface area contributed by atoms with Crippen molar-refractivity contribution in [2.75, 3.05) is 31.7 Å². The van der Waals surface area contributed by atoms with Crippen molar-refractivity contribution in [1.82, 2.24) is 0 Å². The van der Waals surface area contributed by atoms with Gasteiger partial charge < -0.3 is 14.7 Å². The lowest BCUT2D eigenvalue weighted by Gasteiger charge is -2.34. The van der Waals surface area contributed by atoms with Gasteiger partial charge in [0.2, 0.25) is 0 Å². The molecule has 0 unspecified atom stereocenters. The summed E-state index contributed by atoms with van der Waals surface area (Å²) >= 11 is 0. The summed E-state index contributed by atoms with van der Waals surface area (Å²) in [7, 11) is 1.72. The average molecular weight is 253 g/mol. The summed E-state index contributed by atoms with van der Waals surface area (Å²) in [4.78, 5) is 2.03. The Morgan fingerprint density at radius 2 is 2.11 bits per heavy atom. The van der Waals surface area contributed by atoms with Crippen LogP contribution in [-0.2, 0) is 11.3 Å². The van der Waals surface area contributed by atoms with E-state index in [2.05, 4.69) is 0 Å². The van der Waals surface area contributed by atoms with Crippen molar-refractivity contribution in [2.24, 2.45) is 5.92 Å². The Morgan fingerprint density at radius 3 is 2.72 bits per heavy atom. The predicted molar refractivity (Wildman–Crippen MR) is 69.1 cm³/mol. The molecule has 0 saturated carbocycles. The molecule has 1 N–H and O–H groups in total. The smallest absolute Gasteiger partial charge is 0.146 e. The number of hydrogen-bond donors (Lipinski definition) is 1. The summed E-state index contributed by atoms with van der Waals surface area (Å²) in [5.74, 6) is 0.322. The number of hydrogen-bond acceptors (Lipinski definition) is 3. The summed E-state index contributed by atoms with van der Waals surface area (Å²) in [6.45, 7) is 2.30. The molecule has 0 bridgehead atoms. The highest BCUT2D eigenvalue weighted by molar-refractivity contribution is 5.55. The van der Waals surface area contributed by atoms with E-state index in [4.69, 9.17) is 4.74 Å². The van der Waals surface area contributed by atoms with Crippen LogP contribution in [0.15, 0.2) is 18.2 Å². The Kier molecular flexibility index (Phi) is 4.55. The van der Waals surface area contributed by atoms with E-state index in [0.717, 1.165) is 32.5 Å². The first-order valence-corrected chi connectivity index (χ1v) is 6.38. The normalized spacial score (nSPS) is 17.2. The van der Waals surface area contributed by atoms with Crippen molar-refractivity contribution < 1.29 is 14.2 Å². The van der Waals surface area contributed by atoms with Crippen LogP contribution in [0.2, 0.25) is 0 Å². The maximum atomic E-state index is 13.9. The van der Waals surface area contributed by atoms with Gasteiger partial charge in [-0.05, 0) is 24.8 Å². The van der Waals surface area contributed by atoms with Gasteiger partial charge in [-0.25, -0.2) is 4.39 Å². The van der Waals surface area contributed by atoms with E-state index in [1.165, 1.54) is 6.07 Å². The molecule has 1 saturated heterocycles. The minimum Gasteiger partial charge on any atom is -0.392 e. The molecular weight excluding hydrogens is 233 g/mol. The van der Waals surface area contributed by atoms with Crippen LogP contribution in [0.25, 0.3) is 0 Å². The van der Waals surface area contributed by atoms with Crippen LogP contribution >= 0.6 is 0 Å². The zero-order valence-corrected chi connectivity index (χ0v) is 10.7. The van der Waals surface area contributed by atoms with Gasteiger partial charge in [0.15, 0.2) is 0 Å². The van der Waals surface area contributed by atoms with Crippen molar-refractivity contribution in [3.63, 3.8) is 0 Å². The molecule has 3 nitrogen and oxygen atoms in total. The molecule has 0 atom stereocenters. The third-order valence-corrected chi connectivity index (χ3v) is 3.57. The Bertz CT molecular complexity index is 389. The van der Waals surface area contributed by atoms with Crippen LogP contribution in [0, 0.1) is 11.7 Å². The lowest BCUT2D eigenvalue weighted by atomic mass is 9.96. The first kappa shape index (κ1) is 13.3. The van der Waals surface area contributed by atoms with Crippen molar-refractivity contribution in [3.05, 3.63) is 29.6 Å². The number of aliphatic hydroxyl groups excluding tert-OH is 1. The molecule has 1 fully saturated rings. The van der Waals surface area contributed by atoms with Gasteiger partial charge in [-0.2, -0.15) is 0 Å². The van der Waals surface area contributed by atoms with Crippen LogP contribution in [0.4, 0.5) is 10.1 Å². The second-order valence-electron chi connectivity index (χ2n) is 4.79. The van der Waals surface area contributed by atoms with E-state index in [9.17, 15) is 9.50 Å². The maximum Gasteiger partial charge on any atom is 0.146 e. The molecule has 1 aromatic carbocycles. The van der Waals surface area contributed by atoms with Crippen LogP contribution in [0.5, 0.6) is 0 Å². The van der Waals surface area contributed by atoms with E-state index in [0.29, 0.717) is 17.2 Å². The van der Waals surface area contributed by atoms with E-state index < -0.39 is 0 Å². The van der Waals surface area contributed by atoms with Crippen LogP contribution in [-0.4, -0.2) is 31.9 Å². The molecule has 0 spiro atoms. The quantitative estimate of drug-likeness (QED) is 0.892. The number of halogens is 1. The second kappa shape index (κ2) is 6.16. The van der Waals surface area contributed by atoms with Crippen molar-refractivity contribution in [1.29, 1.82) is 0 Å². The summed E-state index contributed by atoms with van der Waals surface area (Å²) < 4.78 is 19.0. The Labute approximate surface area is 107 Å². The van der Waals surface area contributed by atoms with Crippen molar-refractivity contribution in [3.8, 4) is 0 Å². The number of para-hydroxylation sites is 1. The van der Waals surface area contributed by atoms with Gasteiger partial charge in [0.1, 0.15) is 5.82 Å². The fourth-order valence-corrected chi connectivity index (χ4v) is 2.60. The Balaban J connectivity index is 2.09. The molecule has 18 heavy (non-hydrogen) atoms.